The molecule has 0 radical (unpaired) electrons. The van der Waals surface area contributed by atoms with Gasteiger partial charge in [-0.25, -0.2) is 4.79 Å². The maximum absolute atomic E-state index is 10.2. The molecule has 0 aromatic heterocycles. The van der Waals surface area contributed by atoms with Crippen molar-refractivity contribution >= 4 is 5.94 Å². The molecular formula is C9H14O. The summed E-state index contributed by atoms with van der Waals surface area (Å²) in [6.07, 6.45) is 5.47. The van der Waals surface area contributed by atoms with Gasteiger partial charge in [0.15, 0.2) is 0 Å². The normalized spacial score (nSPS) is 8.50. The number of hydrogen-bond acceptors (Lipinski definition) is 1. The molecule has 0 rings (SSSR count). The zero-order valence-corrected chi connectivity index (χ0v) is 6.52. The molecular weight excluding hydrogens is 124 g/mol. The van der Waals surface area contributed by atoms with Crippen LogP contribution in [-0.4, -0.2) is 5.94 Å². The molecule has 0 fully saturated rings. The Bertz CT molecular complexity index is 141. The lowest BCUT2D eigenvalue weighted by atomic mass is 10.1. The van der Waals surface area contributed by atoms with E-state index in [0.29, 0.717) is 0 Å². The van der Waals surface area contributed by atoms with Crippen LogP contribution >= 0.6 is 0 Å². The zero-order chi connectivity index (χ0) is 7.82. The Kier molecular flexibility index (Phi) is 5.80. The van der Waals surface area contributed by atoms with E-state index in [1.165, 1.54) is 0 Å². The minimum Gasteiger partial charge on any atom is -0.234 e. The summed E-state index contributed by atoms with van der Waals surface area (Å²) in [6, 6.07) is 0. The van der Waals surface area contributed by atoms with Gasteiger partial charge in [-0.1, -0.05) is 19.4 Å². The van der Waals surface area contributed by atoms with Gasteiger partial charge in [-0.3, -0.25) is 0 Å². The van der Waals surface area contributed by atoms with Gasteiger partial charge in [0.2, 0.25) is 0 Å². The second kappa shape index (κ2) is 6.31. The van der Waals surface area contributed by atoms with Crippen molar-refractivity contribution in [2.24, 2.45) is 0 Å². The highest BCUT2D eigenvalue weighted by atomic mass is 16.1. The Morgan fingerprint density at radius 3 is 2.70 bits per heavy atom. The van der Waals surface area contributed by atoms with Gasteiger partial charge in [0.25, 0.3) is 0 Å². The predicted molar refractivity (Wildman–Crippen MR) is 43.5 cm³/mol. The maximum Gasteiger partial charge on any atom is 0.123 e. The van der Waals surface area contributed by atoms with E-state index in [1.807, 2.05) is 12.0 Å². The van der Waals surface area contributed by atoms with E-state index >= 15 is 0 Å². The van der Waals surface area contributed by atoms with Crippen molar-refractivity contribution in [3.8, 4) is 0 Å². The highest BCUT2D eigenvalue weighted by molar-refractivity contribution is 5.52. The summed E-state index contributed by atoms with van der Waals surface area (Å²) in [4.78, 5) is 10.2. The molecule has 0 saturated heterocycles. The first-order valence-corrected chi connectivity index (χ1v) is 3.68. The van der Waals surface area contributed by atoms with E-state index in [-0.39, 0.29) is 0 Å². The Labute approximate surface area is 62.4 Å². The minimum atomic E-state index is 0.834. The molecule has 0 N–H and O–H groups in total. The average Bonchev–Trinajstić information content (AvgIpc) is 1.98. The summed E-state index contributed by atoms with van der Waals surface area (Å²) in [5, 5.41) is 0. The SMILES string of the molecule is C=CCCC(=C=O)CCC. The number of hydrogen-bond donors (Lipinski definition) is 0. The van der Waals surface area contributed by atoms with Gasteiger partial charge < -0.3 is 0 Å². The van der Waals surface area contributed by atoms with E-state index in [0.717, 1.165) is 31.3 Å². The third kappa shape index (κ3) is 4.11. The average molecular weight is 138 g/mol. The van der Waals surface area contributed by atoms with Crippen LogP contribution in [0.1, 0.15) is 32.6 Å². The lowest BCUT2D eigenvalue weighted by Crippen LogP contribution is -1.82. The van der Waals surface area contributed by atoms with Gasteiger partial charge in [0.05, 0.1) is 0 Å². The molecule has 0 aromatic rings. The topological polar surface area (TPSA) is 17.1 Å². The van der Waals surface area contributed by atoms with Crippen LogP contribution in [0.25, 0.3) is 0 Å². The van der Waals surface area contributed by atoms with Gasteiger partial charge >= 0.3 is 0 Å². The van der Waals surface area contributed by atoms with Crippen LogP contribution in [-0.2, 0) is 4.79 Å². The molecule has 0 heterocycles. The van der Waals surface area contributed by atoms with Crippen molar-refractivity contribution in [2.75, 3.05) is 0 Å². The third-order valence-corrected chi connectivity index (χ3v) is 1.35. The van der Waals surface area contributed by atoms with Gasteiger partial charge in [0, 0.05) is 5.57 Å². The summed E-state index contributed by atoms with van der Waals surface area (Å²) in [6.45, 7) is 5.64. The number of rotatable bonds is 5. The predicted octanol–water partition coefficient (Wildman–Crippen LogP) is 2.51. The minimum absolute atomic E-state index is 0.834. The monoisotopic (exact) mass is 138 g/mol. The van der Waals surface area contributed by atoms with E-state index in [2.05, 4.69) is 13.5 Å². The molecule has 0 amide bonds. The van der Waals surface area contributed by atoms with Crippen LogP contribution in [0.5, 0.6) is 0 Å². The molecule has 1 heteroatoms. The van der Waals surface area contributed by atoms with Crippen LogP contribution in [0.15, 0.2) is 18.2 Å². The molecule has 0 aliphatic heterocycles. The van der Waals surface area contributed by atoms with E-state index in [1.54, 1.807) is 0 Å². The van der Waals surface area contributed by atoms with Crippen LogP contribution in [0, 0.1) is 0 Å². The first kappa shape index (κ1) is 9.19. The Balaban J connectivity index is 3.62. The van der Waals surface area contributed by atoms with Crippen LogP contribution < -0.4 is 0 Å². The highest BCUT2D eigenvalue weighted by Gasteiger charge is 1.93. The van der Waals surface area contributed by atoms with Gasteiger partial charge in [-0.2, -0.15) is 0 Å². The van der Waals surface area contributed by atoms with Crippen molar-refractivity contribution in [3.05, 3.63) is 18.2 Å². The molecule has 0 aromatic carbocycles. The second-order valence-corrected chi connectivity index (χ2v) is 2.28. The van der Waals surface area contributed by atoms with Crippen LogP contribution in [0.4, 0.5) is 0 Å². The van der Waals surface area contributed by atoms with Gasteiger partial charge in [0.1, 0.15) is 5.94 Å². The fourth-order valence-electron chi connectivity index (χ4n) is 0.805. The van der Waals surface area contributed by atoms with Gasteiger partial charge in [-0.15, -0.1) is 6.58 Å². The van der Waals surface area contributed by atoms with Crippen LogP contribution in [0.3, 0.4) is 0 Å². The fraction of sp³-hybridized carbons (Fsp3) is 0.556. The molecule has 10 heavy (non-hydrogen) atoms. The molecule has 0 spiro atoms. The molecule has 0 saturated carbocycles. The quantitative estimate of drug-likeness (QED) is 0.421. The first-order chi connectivity index (χ1) is 4.85. The molecule has 0 aliphatic rings. The zero-order valence-electron chi connectivity index (χ0n) is 6.52. The molecule has 1 nitrogen and oxygen atoms in total. The summed E-state index contributed by atoms with van der Waals surface area (Å²) in [5.74, 6) is 1.96. The Morgan fingerprint density at radius 2 is 2.30 bits per heavy atom. The number of allylic oxidation sites excluding steroid dienone is 2. The smallest absolute Gasteiger partial charge is 0.123 e. The first-order valence-electron chi connectivity index (χ1n) is 3.68. The molecule has 0 aliphatic carbocycles. The molecule has 56 valence electrons. The van der Waals surface area contributed by atoms with Crippen molar-refractivity contribution in [1.29, 1.82) is 0 Å². The summed E-state index contributed by atoms with van der Waals surface area (Å²) < 4.78 is 0. The maximum atomic E-state index is 10.2. The van der Waals surface area contributed by atoms with Crippen molar-refractivity contribution in [3.63, 3.8) is 0 Å². The Morgan fingerprint density at radius 1 is 1.60 bits per heavy atom. The van der Waals surface area contributed by atoms with Gasteiger partial charge in [-0.05, 0) is 19.3 Å². The fourth-order valence-corrected chi connectivity index (χ4v) is 0.805. The van der Waals surface area contributed by atoms with Crippen molar-refractivity contribution in [2.45, 2.75) is 32.6 Å². The largest absolute Gasteiger partial charge is 0.234 e. The lowest BCUT2D eigenvalue weighted by molar-refractivity contribution is 0.564. The second-order valence-electron chi connectivity index (χ2n) is 2.28. The Hall–Kier alpha value is -0.810. The van der Waals surface area contributed by atoms with Crippen molar-refractivity contribution < 1.29 is 4.79 Å². The van der Waals surface area contributed by atoms with E-state index in [9.17, 15) is 4.79 Å². The highest BCUT2D eigenvalue weighted by Crippen LogP contribution is 2.07. The molecule has 0 unspecified atom stereocenters. The lowest BCUT2D eigenvalue weighted by Gasteiger charge is -1.95. The summed E-state index contributed by atoms with van der Waals surface area (Å²) in [5.41, 5.74) is 0.891. The third-order valence-electron chi connectivity index (χ3n) is 1.35. The summed E-state index contributed by atoms with van der Waals surface area (Å²) in [7, 11) is 0. The molecule has 0 atom stereocenters. The van der Waals surface area contributed by atoms with E-state index in [4.69, 9.17) is 0 Å². The standard InChI is InChI=1S/C9H14O/c1-3-5-7-9(8-10)6-4-2/h3H,1,4-7H2,2H3. The summed E-state index contributed by atoms with van der Waals surface area (Å²) >= 11 is 0. The van der Waals surface area contributed by atoms with Crippen molar-refractivity contribution in [1.82, 2.24) is 0 Å². The number of carbonyl (C=O) groups excluding carboxylic acids is 1. The molecule has 0 bridgehead atoms. The van der Waals surface area contributed by atoms with Crippen LogP contribution in [0.2, 0.25) is 0 Å². The van der Waals surface area contributed by atoms with E-state index < -0.39 is 0 Å².